The number of H-pyrrole nitrogens is 1. The van der Waals surface area contributed by atoms with Gasteiger partial charge in [0, 0.05) is 6.92 Å². The molecule has 60 valence electrons. The first-order chi connectivity index (χ1) is 5.29. The summed E-state index contributed by atoms with van der Waals surface area (Å²) in [5, 5.41) is 14.4. The first-order valence-electron chi connectivity index (χ1n) is 2.79. The van der Waals surface area contributed by atoms with E-state index in [9.17, 15) is 4.79 Å². The van der Waals surface area contributed by atoms with Crippen molar-refractivity contribution in [1.82, 2.24) is 20.6 Å². The van der Waals surface area contributed by atoms with Crippen molar-refractivity contribution < 1.29 is 4.79 Å². The van der Waals surface area contributed by atoms with Gasteiger partial charge in [-0.3, -0.25) is 4.79 Å². The minimum Gasteiger partial charge on any atom is -0.288 e. The van der Waals surface area contributed by atoms with E-state index in [4.69, 9.17) is 0 Å². The highest BCUT2D eigenvalue weighted by Gasteiger charge is 1.98. The predicted molar refractivity (Wildman–Crippen MR) is 43.2 cm³/mol. The lowest BCUT2D eigenvalue weighted by Crippen LogP contribution is -1.82. The van der Waals surface area contributed by atoms with E-state index in [1.165, 1.54) is 30.4 Å². The third-order valence-corrected chi connectivity index (χ3v) is 2.58. The summed E-state index contributed by atoms with van der Waals surface area (Å²) in [6.07, 6.45) is 0. The largest absolute Gasteiger partial charge is 0.288 e. The summed E-state index contributed by atoms with van der Waals surface area (Å²) in [6.45, 7) is 1.53. The highest BCUT2D eigenvalue weighted by atomic mass is 32.2. The van der Waals surface area contributed by atoms with Crippen LogP contribution in [0.5, 0.6) is 0 Å². The van der Waals surface area contributed by atoms with E-state index in [-0.39, 0.29) is 5.12 Å². The molecule has 0 atom stereocenters. The number of nitrogens with one attached hydrogen (secondary N) is 1. The van der Waals surface area contributed by atoms with Crippen LogP contribution in [0.4, 0.5) is 0 Å². The lowest BCUT2D eigenvalue weighted by atomic mass is 10.9. The molecule has 0 aromatic carbocycles. The summed E-state index contributed by atoms with van der Waals surface area (Å²) in [6, 6.07) is 0. The van der Waals surface area contributed by atoms with E-state index in [0.717, 1.165) is 0 Å². The number of rotatable bonds is 3. The molecule has 1 heterocycles. The summed E-state index contributed by atoms with van der Waals surface area (Å²) in [4.78, 5) is 10.5. The van der Waals surface area contributed by atoms with Crippen LogP contribution in [-0.4, -0.2) is 30.8 Å². The second kappa shape index (κ2) is 4.35. The summed E-state index contributed by atoms with van der Waals surface area (Å²) < 4.78 is 0. The van der Waals surface area contributed by atoms with Crippen LogP contribution in [-0.2, 0) is 4.79 Å². The number of thioether (sulfide) groups is 2. The van der Waals surface area contributed by atoms with Crippen LogP contribution < -0.4 is 0 Å². The Balaban J connectivity index is 2.19. The van der Waals surface area contributed by atoms with Crippen LogP contribution in [0, 0.1) is 0 Å². The predicted octanol–water partition coefficient (Wildman–Crippen LogP) is 0.529. The van der Waals surface area contributed by atoms with Gasteiger partial charge in [0.2, 0.25) is 5.16 Å². The number of carbonyl (C=O) groups excluding carboxylic acids is 1. The molecule has 0 bridgehead atoms. The molecular weight excluding hydrogens is 184 g/mol. The first kappa shape index (κ1) is 8.54. The van der Waals surface area contributed by atoms with Gasteiger partial charge in [0.15, 0.2) is 5.12 Å². The normalized spacial score (nSPS) is 9.91. The van der Waals surface area contributed by atoms with E-state index in [1.807, 2.05) is 0 Å². The van der Waals surface area contributed by atoms with Crippen LogP contribution in [0.2, 0.25) is 0 Å². The van der Waals surface area contributed by atoms with Crippen molar-refractivity contribution in [1.29, 1.82) is 0 Å². The summed E-state index contributed by atoms with van der Waals surface area (Å²) in [5.41, 5.74) is 0. The van der Waals surface area contributed by atoms with Gasteiger partial charge in [-0.15, -0.1) is 5.10 Å². The molecule has 1 aromatic heterocycles. The Morgan fingerprint density at radius 2 is 2.55 bits per heavy atom. The Kier molecular flexibility index (Phi) is 3.37. The molecular formula is C4H6N4OS2. The maximum atomic E-state index is 10.5. The fourth-order valence-corrected chi connectivity index (χ4v) is 1.93. The SMILES string of the molecule is CC(=O)SCSc1nnn[nH]1. The average molecular weight is 190 g/mol. The first-order valence-corrected chi connectivity index (χ1v) is 4.76. The maximum absolute atomic E-state index is 10.5. The van der Waals surface area contributed by atoms with E-state index in [2.05, 4.69) is 20.6 Å². The van der Waals surface area contributed by atoms with Crippen LogP contribution in [0.1, 0.15) is 6.92 Å². The van der Waals surface area contributed by atoms with E-state index < -0.39 is 0 Å². The highest BCUT2D eigenvalue weighted by Crippen LogP contribution is 2.17. The molecule has 0 aliphatic heterocycles. The number of hydrogen-bond donors (Lipinski definition) is 1. The van der Waals surface area contributed by atoms with E-state index in [0.29, 0.717) is 10.2 Å². The van der Waals surface area contributed by atoms with Gasteiger partial charge in [-0.25, -0.2) is 5.10 Å². The summed E-state index contributed by atoms with van der Waals surface area (Å²) in [5.74, 6) is 0. The van der Waals surface area contributed by atoms with Gasteiger partial charge in [0.25, 0.3) is 0 Å². The van der Waals surface area contributed by atoms with E-state index >= 15 is 0 Å². The number of aromatic nitrogens is 4. The number of nitrogens with zero attached hydrogens (tertiary/aromatic N) is 3. The molecule has 0 saturated carbocycles. The van der Waals surface area contributed by atoms with Crippen molar-refractivity contribution in [3.63, 3.8) is 0 Å². The lowest BCUT2D eigenvalue weighted by molar-refractivity contribution is -0.109. The average Bonchev–Trinajstić information content (AvgIpc) is 2.39. The standard InChI is InChI=1S/C4H6N4OS2/c1-3(9)10-2-11-4-5-7-8-6-4/h2H2,1H3,(H,5,6,7,8). The van der Waals surface area contributed by atoms with Crippen molar-refractivity contribution in [3.8, 4) is 0 Å². The Labute approximate surface area is 71.7 Å². The third kappa shape index (κ3) is 3.38. The van der Waals surface area contributed by atoms with Crippen molar-refractivity contribution in [2.24, 2.45) is 0 Å². The molecule has 0 spiro atoms. The van der Waals surface area contributed by atoms with E-state index in [1.54, 1.807) is 0 Å². The maximum Gasteiger partial charge on any atom is 0.207 e. The van der Waals surface area contributed by atoms with Gasteiger partial charge in [-0.2, -0.15) is 0 Å². The molecule has 0 aliphatic rings. The second-order valence-corrected chi connectivity index (χ2v) is 4.09. The summed E-state index contributed by atoms with van der Waals surface area (Å²) >= 11 is 2.64. The van der Waals surface area contributed by atoms with Gasteiger partial charge in [0.05, 0.1) is 5.08 Å². The molecule has 0 amide bonds. The molecule has 1 aromatic rings. The number of tetrazole rings is 1. The Hall–Kier alpha value is -0.560. The molecule has 0 fully saturated rings. The topological polar surface area (TPSA) is 71.5 Å². The summed E-state index contributed by atoms with van der Waals surface area (Å²) in [7, 11) is 0. The number of carbonyl (C=O) groups is 1. The van der Waals surface area contributed by atoms with Gasteiger partial charge in [-0.05, 0) is 10.4 Å². The van der Waals surface area contributed by atoms with Crippen LogP contribution in [0.3, 0.4) is 0 Å². The van der Waals surface area contributed by atoms with Gasteiger partial charge < -0.3 is 0 Å². The number of hydrogen-bond acceptors (Lipinski definition) is 6. The smallest absolute Gasteiger partial charge is 0.207 e. The molecule has 5 nitrogen and oxygen atoms in total. The van der Waals surface area contributed by atoms with Crippen molar-refractivity contribution in [2.45, 2.75) is 12.1 Å². The van der Waals surface area contributed by atoms with Crippen LogP contribution >= 0.6 is 23.5 Å². The lowest BCUT2D eigenvalue weighted by Gasteiger charge is -1.90. The molecule has 1 rings (SSSR count). The minimum absolute atomic E-state index is 0.102. The molecule has 0 saturated heterocycles. The Morgan fingerprint density at radius 3 is 3.09 bits per heavy atom. The molecule has 0 radical (unpaired) electrons. The van der Waals surface area contributed by atoms with Crippen molar-refractivity contribution in [3.05, 3.63) is 0 Å². The molecule has 0 aliphatic carbocycles. The monoisotopic (exact) mass is 190 g/mol. The minimum atomic E-state index is 0.102. The number of aromatic amines is 1. The zero-order chi connectivity index (χ0) is 8.10. The fourth-order valence-electron chi connectivity index (χ4n) is 0.380. The second-order valence-electron chi connectivity index (χ2n) is 1.60. The zero-order valence-electron chi connectivity index (χ0n) is 5.77. The molecule has 11 heavy (non-hydrogen) atoms. The molecule has 0 unspecified atom stereocenters. The highest BCUT2D eigenvalue weighted by molar-refractivity contribution is 8.23. The van der Waals surface area contributed by atoms with Crippen molar-refractivity contribution in [2.75, 3.05) is 5.08 Å². The quantitative estimate of drug-likeness (QED) is 0.553. The zero-order valence-corrected chi connectivity index (χ0v) is 7.41. The Morgan fingerprint density at radius 1 is 1.73 bits per heavy atom. The van der Waals surface area contributed by atoms with Crippen LogP contribution in [0.25, 0.3) is 0 Å². The van der Waals surface area contributed by atoms with Gasteiger partial charge in [0.1, 0.15) is 0 Å². The van der Waals surface area contributed by atoms with Gasteiger partial charge in [-0.1, -0.05) is 23.5 Å². The molecule has 7 heteroatoms. The van der Waals surface area contributed by atoms with Crippen molar-refractivity contribution >= 4 is 28.6 Å². The Bertz CT molecular complexity index is 224. The fraction of sp³-hybridized carbons (Fsp3) is 0.500. The van der Waals surface area contributed by atoms with Crippen LogP contribution in [0.15, 0.2) is 5.16 Å². The third-order valence-electron chi connectivity index (χ3n) is 0.784. The van der Waals surface area contributed by atoms with Gasteiger partial charge >= 0.3 is 0 Å². The molecule has 1 N–H and O–H groups in total.